The van der Waals surface area contributed by atoms with Crippen LogP contribution in [-0.4, -0.2) is 22.9 Å². The van der Waals surface area contributed by atoms with Gasteiger partial charge < -0.3 is 10.0 Å². The van der Waals surface area contributed by atoms with Crippen LogP contribution < -0.4 is 5.46 Å². The van der Waals surface area contributed by atoms with Gasteiger partial charge in [-0.3, -0.25) is 0 Å². The highest BCUT2D eigenvalue weighted by atomic mass is 32.2. The molecule has 1 aromatic carbocycles. The average Bonchev–Trinajstić information content (AvgIpc) is 2.26. The van der Waals surface area contributed by atoms with Gasteiger partial charge in [0.2, 0.25) is 0 Å². The van der Waals surface area contributed by atoms with Gasteiger partial charge in [0.05, 0.1) is 5.56 Å². The Bertz CT molecular complexity index is 434. The molecule has 7 heteroatoms. The Morgan fingerprint density at radius 1 is 1.24 bits per heavy atom. The van der Waals surface area contributed by atoms with Gasteiger partial charge in [0.15, 0.2) is 0 Å². The lowest BCUT2D eigenvalue weighted by Gasteiger charge is -2.23. The van der Waals surface area contributed by atoms with Crippen LogP contribution in [0.15, 0.2) is 17.0 Å². The van der Waals surface area contributed by atoms with Crippen LogP contribution in [0.25, 0.3) is 0 Å². The summed E-state index contributed by atoms with van der Waals surface area (Å²) in [6.45, 7) is 0. The molecule has 0 spiro atoms. The Morgan fingerprint density at radius 2 is 1.94 bits per heavy atom. The van der Waals surface area contributed by atoms with E-state index in [0.29, 0.717) is 17.7 Å². The summed E-state index contributed by atoms with van der Waals surface area (Å²) in [6, 6.07) is 2.07. The fourth-order valence-corrected chi connectivity index (χ4v) is 3.18. The minimum atomic E-state index is -4.40. The molecule has 0 saturated heterocycles. The molecule has 2 nitrogen and oxygen atoms in total. The van der Waals surface area contributed by atoms with Crippen molar-refractivity contribution in [2.75, 3.05) is 5.75 Å². The number of thioether (sulfide) groups is 1. The molecule has 0 aromatic heterocycles. The first-order valence-electron chi connectivity index (χ1n) is 5.13. The van der Waals surface area contributed by atoms with Gasteiger partial charge in [-0.1, -0.05) is 6.07 Å². The van der Waals surface area contributed by atoms with Gasteiger partial charge in [-0.15, -0.1) is 11.8 Å². The van der Waals surface area contributed by atoms with E-state index in [1.165, 1.54) is 0 Å². The summed E-state index contributed by atoms with van der Waals surface area (Å²) in [5, 5.41) is 18.3. The van der Waals surface area contributed by atoms with Gasteiger partial charge in [-0.05, 0) is 35.7 Å². The number of hydrogen-bond acceptors (Lipinski definition) is 3. The summed E-state index contributed by atoms with van der Waals surface area (Å²) >= 11 is 1.13. The maximum absolute atomic E-state index is 12.8. The van der Waals surface area contributed by atoms with Crippen molar-refractivity contribution >= 4 is 24.3 Å². The monoisotopic (exact) mass is 262 g/mol. The lowest BCUT2D eigenvalue weighted by Crippen LogP contribution is -2.35. The first-order chi connectivity index (χ1) is 7.91. The Kier molecular flexibility index (Phi) is 3.42. The Morgan fingerprint density at radius 3 is 2.53 bits per heavy atom. The summed E-state index contributed by atoms with van der Waals surface area (Å²) in [6.07, 6.45) is -3.19. The van der Waals surface area contributed by atoms with E-state index in [1.807, 2.05) is 0 Å². The number of fused-ring (bicyclic) bond motifs is 1. The molecule has 0 bridgehead atoms. The van der Waals surface area contributed by atoms with Crippen molar-refractivity contribution in [2.24, 2.45) is 0 Å². The maximum Gasteiger partial charge on any atom is 0.488 e. The lowest BCUT2D eigenvalue weighted by molar-refractivity contribution is -0.139. The Balaban J connectivity index is 2.59. The fourth-order valence-electron chi connectivity index (χ4n) is 1.95. The minimum Gasteiger partial charge on any atom is -0.423 e. The van der Waals surface area contributed by atoms with Gasteiger partial charge >= 0.3 is 13.3 Å². The van der Waals surface area contributed by atoms with Crippen LogP contribution in [0.4, 0.5) is 13.2 Å². The summed E-state index contributed by atoms with van der Waals surface area (Å²) in [4.78, 5) is 0.148. The molecule has 1 aromatic rings. The second-order valence-corrected chi connectivity index (χ2v) is 4.94. The fraction of sp³-hybridized carbons (Fsp3) is 0.400. The molecule has 2 N–H and O–H groups in total. The SMILES string of the molecule is OB(O)c1ccc(C(F)(F)F)c2c1CCCS2. The maximum atomic E-state index is 12.8. The third-order valence-electron chi connectivity index (χ3n) is 2.70. The highest BCUT2D eigenvalue weighted by Crippen LogP contribution is 2.40. The number of hydrogen-bond donors (Lipinski definition) is 2. The minimum absolute atomic E-state index is 0.148. The molecule has 1 aliphatic heterocycles. The highest BCUT2D eigenvalue weighted by Gasteiger charge is 2.36. The van der Waals surface area contributed by atoms with Gasteiger partial charge in [0, 0.05) is 4.90 Å². The smallest absolute Gasteiger partial charge is 0.423 e. The van der Waals surface area contributed by atoms with Crippen molar-refractivity contribution in [3.63, 3.8) is 0 Å². The van der Waals surface area contributed by atoms with E-state index in [0.717, 1.165) is 30.3 Å². The van der Waals surface area contributed by atoms with E-state index >= 15 is 0 Å². The molecule has 2 rings (SSSR count). The zero-order valence-corrected chi connectivity index (χ0v) is 9.61. The van der Waals surface area contributed by atoms with Crippen molar-refractivity contribution in [1.29, 1.82) is 0 Å². The van der Waals surface area contributed by atoms with E-state index < -0.39 is 18.9 Å². The normalized spacial score (nSPS) is 15.6. The van der Waals surface area contributed by atoms with E-state index in [1.54, 1.807) is 0 Å². The molecule has 17 heavy (non-hydrogen) atoms. The van der Waals surface area contributed by atoms with Crippen molar-refractivity contribution < 1.29 is 23.2 Å². The van der Waals surface area contributed by atoms with Gasteiger partial charge in [-0.25, -0.2) is 0 Å². The van der Waals surface area contributed by atoms with E-state index in [9.17, 15) is 13.2 Å². The molecular weight excluding hydrogens is 252 g/mol. The number of alkyl halides is 3. The molecule has 0 aliphatic carbocycles. The summed E-state index contributed by atoms with van der Waals surface area (Å²) in [5.41, 5.74) is -0.0760. The molecule has 0 amide bonds. The van der Waals surface area contributed by atoms with Crippen LogP contribution in [0.3, 0.4) is 0 Å². The topological polar surface area (TPSA) is 40.5 Å². The molecule has 0 unspecified atom stereocenters. The zero-order valence-electron chi connectivity index (χ0n) is 8.79. The summed E-state index contributed by atoms with van der Waals surface area (Å²) < 4.78 is 38.3. The Hall–Kier alpha value is -0.655. The molecule has 1 heterocycles. The number of benzene rings is 1. The van der Waals surface area contributed by atoms with Crippen molar-refractivity contribution in [3.05, 3.63) is 23.3 Å². The second kappa shape index (κ2) is 4.55. The van der Waals surface area contributed by atoms with Crippen LogP contribution in [0.2, 0.25) is 0 Å². The molecule has 0 fully saturated rings. The van der Waals surface area contributed by atoms with Gasteiger partial charge in [0.25, 0.3) is 0 Å². The summed E-state index contributed by atoms with van der Waals surface area (Å²) in [7, 11) is -1.72. The van der Waals surface area contributed by atoms with Gasteiger partial charge in [0.1, 0.15) is 0 Å². The molecule has 1 aliphatic rings. The van der Waals surface area contributed by atoms with Gasteiger partial charge in [-0.2, -0.15) is 13.2 Å². The van der Waals surface area contributed by atoms with E-state index in [2.05, 4.69) is 0 Å². The van der Waals surface area contributed by atoms with Crippen LogP contribution in [0, 0.1) is 0 Å². The molecule has 92 valence electrons. The predicted molar refractivity (Wildman–Crippen MR) is 60.3 cm³/mol. The highest BCUT2D eigenvalue weighted by molar-refractivity contribution is 7.99. The predicted octanol–water partition coefficient (Wildman–Crippen LogP) is 1.42. The summed E-state index contributed by atoms with van der Waals surface area (Å²) in [5.74, 6) is 0.626. The van der Waals surface area contributed by atoms with Crippen LogP contribution >= 0.6 is 11.8 Å². The van der Waals surface area contributed by atoms with Crippen molar-refractivity contribution in [2.45, 2.75) is 23.9 Å². The quantitative estimate of drug-likeness (QED) is 0.752. The van der Waals surface area contributed by atoms with Crippen molar-refractivity contribution in [1.82, 2.24) is 0 Å². The van der Waals surface area contributed by atoms with Crippen LogP contribution in [-0.2, 0) is 12.6 Å². The molecular formula is C10H10BF3O2S. The zero-order chi connectivity index (χ0) is 12.6. The van der Waals surface area contributed by atoms with Crippen LogP contribution in [0.5, 0.6) is 0 Å². The van der Waals surface area contributed by atoms with E-state index in [4.69, 9.17) is 10.0 Å². The molecule has 0 saturated carbocycles. The molecule has 0 atom stereocenters. The number of rotatable bonds is 1. The largest absolute Gasteiger partial charge is 0.488 e. The Labute approximate surface area is 101 Å². The van der Waals surface area contributed by atoms with Crippen LogP contribution in [0.1, 0.15) is 17.5 Å². The lowest BCUT2D eigenvalue weighted by atomic mass is 9.75. The second-order valence-electron chi connectivity index (χ2n) is 3.83. The third kappa shape index (κ3) is 2.46. The standard InChI is InChI=1S/C10H10BF3O2S/c12-10(13,14)7-3-4-8(11(15)16)6-2-1-5-17-9(6)7/h3-4,15-16H,1-2,5H2. The first-order valence-corrected chi connectivity index (χ1v) is 6.11. The first kappa shape index (κ1) is 12.8. The van der Waals surface area contributed by atoms with E-state index in [-0.39, 0.29) is 10.4 Å². The molecule has 0 radical (unpaired) electrons. The van der Waals surface area contributed by atoms with Crippen molar-refractivity contribution in [3.8, 4) is 0 Å². The number of halogens is 3. The third-order valence-corrected chi connectivity index (χ3v) is 3.95. The average molecular weight is 262 g/mol.